The minimum atomic E-state index is -0.212. The summed E-state index contributed by atoms with van der Waals surface area (Å²) in [6.07, 6.45) is 2.76. The average Bonchev–Trinajstić information content (AvgIpc) is 2.39. The molecule has 0 aliphatic heterocycles. The number of hydrogen-bond donors (Lipinski definition) is 2. The highest BCUT2D eigenvalue weighted by atomic mass is 35.5. The van der Waals surface area contributed by atoms with E-state index in [9.17, 15) is 9.90 Å². The topological polar surface area (TPSA) is 49.3 Å². The van der Waals surface area contributed by atoms with Crippen LogP contribution in [-0.2, 0) is 11.2 Å². The fourth-order valence-corrected chi connectivity index (χ4v) is 1.93. The van der Waals surface area contributed by atoms with Gasteiger partial charge in [0.2, 0.25) is 5.91 Å². The molecule has 0 heterocycles. The van der Waals surface area contributed by atoms with Crippen LogP contribution in [0.3, 0.4) is 0 Å². The lowest BCUT2D eigenvalue weighted by Gasteiger charge is -2.16. The molecule has 0 aliphatic rings. The van der Waals surface area contributed by atoms with E-state index in [0.29, 0.717) is 18.7 Å². The number of rotatable bonds is 8. The Morgan fingerprint density at radius 2 is 2.00 bits per heavy atom. The molecule has 1 unspecified atom stereocenters. The van der Waals surface area contributed by atoms with E-state index in [-0.39, 0.29) is 18.6 Å². The molecule has 0 saturated heterocycles. The van der Waals surface area contributed by atoms with Crippen molar-refractivity contribution < 1.29 is 9.90 Å². The van der Waals surface area contributed by atoms with Crippen LogP contribution in [-0.4, -0.2) is 29.5 Å². The molecule has 1 aromatic carbocycles. The Morgan fingerprint density at radius 3 is 2.61 bits per heavy atom. The summed E-state index contributed by atoms with van der Waals surface area (Å²) in [4.78, 5) is 11.6. The predicted octanol–water partition coefficient (Wildman–Crippen LogP) is 2.12. The number of carbonyl (C=O) groups excluding carboxylic acids is 1. The smallest absolute Gasteiger partial charge is 0.220 e. The van der Waals surface area contributed by atoms with Crippen LogP contribution in [0, 0.1) is 0 Å². The lowest BCUT2D eigenvalue weighted by Crippen LogP contribution is -2.38. The van der Waals surface area contributed by atoms with Crippen molar-refractivity contribution in [2.75, 3.05) is 12.5 Å². The Balaban J connectivity index is 2.35. The van der Waals surface area contributed by atoms with Crippen molar-refractivity contribution >= 4 is 17.5 Å². The molecule has 1 amide bonds. The average molecular weight is 270 g/mol. The zero-order valence-electron chi connectivity index (χ0n) is 10.4. The maximum absolute atomic E-state index is 11.6. The summed E-state index contributed by atoms with van der Waals surface area (Å²) in [7, 11) is 0. The molecule has 0 bridgehead atoms. The van der Waals surface area contributed by atoms with E-state index in [1.165, 1.54) is 0 Å². The van der Waals surface area contributed by atoms with Crippen LogP contribution in [0.5, 0.6) is 0 Å². The lowest BCUT2D eigenvalue weighted by atomic mass is 10.1. The number of benzene rings is 1. The lowest BCUT2D eigenvalue weighted by molar-refractivity contribution is -0.122. The van der Waals surface area contributed by atoms with Crippen LogP contribution >= 0.6 is 11.6 Å². The van der Waals surface area contributed by atoms with E-state index in [1.807, 2.05) is 30.3 Å². The molecule has 3 nitrogen and oxygen atoms in total. The number of amides is 1. The van der Waals surface area contributed by atoms with Crippen molar-refractivity contribution in [2.45, 2.75) is 31.7 Å². The zero-order chi connectivity index (χ0) is 13.2. The van der Waals surface area contributed by atoms with Gasteiger partial charge in [0.25, 0.3) is 0 Å². The van der Waals surface area contributed by atoms with Gasteiger partial charge in [-0.1, -0.05) is 30.3 Å². The summed E-state index contributed by atoms with van der Waals surface area (Å²) in [5.41, 5.74) is 1.11. The van der Waals surface area contributed by atoms with E-state index in [4.69, 9.17) is 11.6 Å². The van der Waals surface area contributed by atoms with Crippen LogP contribution in [0.15, 0.2) is 30.3 Å². The van der Waals surface area contributed by atoms with Crippen LogP contribution in [0.4, 0.5) is 0 Å². The number of unbranched alkanes of at least 4 members (excludes halogenated alkanes) is 1. The van der Waals surface area contributed by atoms with E-state index in [1.54, 1.807) is 0 Å². The summed E-state index contributed by atoms with van der Waals surface area (Å²) >= 11 is 5.55. The Hall–Kier alpha value is -1.06. The maximum atomic E-state index is 11.6. The maximum Gasteiger partial charge on any atom is 0.220 e. The van der Waals surface area contributed by atoms with Crippen molar-refractivity contribution in [3.63, 3.8) is 0 Å². The summed E-state index contributed by atoms with van der Waals surface area (Å²) in [6.45, 7) is -0.0455. The van der Waals surface area contributed by atoms with E-state index in [2.05, 4.69) is 5.32 Å². The largest absolute Gasteiger partial charge is 0.394 e. The first-order chi connectivity index (χ1) is 8.76. The first kappa shape index (κ1) is 15.0. The monoisotopic (exact) mass is 269 g/mol. The van der Waals surface area contributed by atoms with Gasteiger partial charge in [-0.15, -0.1) is 11.6 Å². The fraction of sp³-hybridized carbons (Fsp3) is 0.500. The van der Waals surface area contributed by atoms with Crippen LogP contribution in [0.25, 0.3) is 0 Å². The van der Waals surface area contributed by atoms with Gasteiger partial charge in [-0.05, 0) is 24.8 Å². The highest BCUT2D eigenvalue weighted by molar-refractivity contribution is 6.17. The Labute approximate surface area is 113 Å². The van der Waals surface area contributed by atoms with E-state index < -0.39 is 0 Å². The van der Waals surface area contributed by atoms with E-state index >= 15 is 0 Å². The number of hydrogen-bond acceptors (Lipinski definition) is 2. The van der Waals surface area contributed by atoms with Gasteiger partial charge < -0.3 is 10.4 Å². The number of alkyl halides is 1. The number of halogens is 1. The number of aliphatic hydroxyl groups is 1. The van der Waals surface area contributed by atoms with Crippen LogP contribution < -0.4 is 5.32 Å². The van der Waals surface area contributed by atoms with Gasteiger partial charge in [0, 0.05) is 12.3 Å². The molecule has 0 fully saturated rings. The molecule has 4 heteroatoms. The van der Waals surface area contributed by atoms with Gasteiger partial charge in [-0.25, -0.2) is 0 Å². The number of nitrogens with one attached hydrogen (secondary N) is 1. The second kappa shape index (κ2) is 8.95. The van der Waals surface area contributed by atoms with Crippen molar-refractivity contribution in [2.24, 2.45) is 0 Å². The molecular weight excluding hydrogens is 250 g/mol. The first-order valence-electron chi connectivity index (χ1n) is 6.26. The third kappa shape index (κ3) is 6.03. The SMILES string of the molecule is O=C(CCCCCl)NC(CO)Cc1ccccc1. The minimum absolute atomic E-state index is 0.0184. The molecule has 1 rings (SSSR count). The van der Waals surface area contributed by atoms with Crippen molar-refractivity contribution in [3.8, 4) is 0 Å². The summed E-state index contributed by atoms with van der Waals surface area (Å²) < 4.78 is 0. The molecule has 0 spiro atoms. The summed E-state index contributed by atoms with van der Waals surface area (Å²) in [5.74, 6) is 0.566. The van der Waals surface area contributed by atoms with Gasteiger partial charge in [0.1, 0.15) is 0 Å². The van der Waals surface area contributed by atoms with Crippen LogP contribution in [0.2, 0.25) is 0 Å². The molecule has 2 N–H and O–H groups in total. The minimum Gasteiger partial charge on any atom is -0.394 e. The molecule has 18 heavy (non-hydrogen) atoms. The normalized spacial score (nSPS) is 12.1. The van der Waals surface area contributed by atoms with Gasteiger partial charge in [-0.3, -0.25) is 4.79 Å². The Bertz CT molecular complexity index is 343. The van der Waals surface area contributed by atoms with Gasteiger partial charge in [0.05, 0.1) is 12.6 Å². The molecule has 0 aromatic heterocycles. The fourth-order valence-electron chi connectivity index (χ4n) is 1.74. The molecule has 0 saturated carbocycles. The molecule has 1 aromatic rings. The summed E-state index contributed by atoms with van der Waals surface area (Å²) in [6, 6.07) is 9.61. The second-order valence-electron chi connectivity index (χ2n) is 4.28. The molecule has 0 aliphatic carbocycles. The Morgan fingerprint density at radius 1 is 1.28 bits per heavy atom. The van der Waals surface area contributed by atoms with Crippen molar-refractivity contribution in [1.29, 1.82) is 0 Å². The molecular formula is C14H20ClNO2. The van der Waals surface area contributed by atoms with Crippen molar-refractivity contribution in [3.05, 3.63) is 35.9 Å². The first-order valence-corrected chi connectivity index (χ1v) is 6.80. The number of aliphatic hydroxyl groups excluding tert-OH is 1. The molecule has 1 atom stereocenters. The Kier molecular flexibility index (Phi) is 7.46. The highest BCUT2D eigenvalue weighted by Crippen LogP contribution is 2.04. The van der Waals surface area contributed by atoms with Crippen LogP contribution in [0.1, 0.15) is 24.8 Å². The van der Waals surface area contributed by atoms with Gasteiger partial charge in [0.15, 0.2) is 0 Å². The molecule has 0 radical (unpaired) electrons. The van der Waals surface area contributed by atoms with Gasteiger partial charge >= 0.3 is 0 Å². The van der Waals surface area contributed by atoms with Crippen molar-refractivity contribution in [1.82, 2.24) is 5.32 Å². The number of carbonyl (C=O) groups is 1. The highest BCUT2D eigenvalue weighted by Gasteiger charge is 2.11. The standard InChI is InChI=1S/C14H20ClNO2/c15-9-5-4-8-14(18)16-13(11-17)10-12-6-2-1-3-7-12/h1-3,6-7,13,17H,4-5,8-11H2,(H,16,18). The van der Waals surface area contributed by atoms with E-state index in [0.717, 1.165) is 18.4 Å². The second-order valence-corrected chi connectivity index (χ2v) is 4.66. The molecule has 100 valence electrons. The predicted molar refractivity (Wildman–Crippen MR) is 73.7 cm³/mol. The third-order valence-corrected chi connectivity index (χ3v) is 2.97. The van der Waals surface area contributed by atoms with Gasteiger partial charge in [-0.2, -0.15) is 0 Å². The zero-order valence-corrected chi connectivity index (χ0v) is 11.2. The quantitative estimate of drug-likeness (QED) is 0.561. The summed E-state index contributed by atoms with van der Waals surface area (Å²) in [5, 5.41) is 12.1. The third-order valence-electron chi connectivity index (χ3n) is 2.70.